The predicted molar refractivity (Wildman–Crippen MR) is 65.9 cm³/mol. The lowest BCUT2D eigenvalue weighted by molar-refractivity contribution is -0.0687. The number of hydrogen-bond acceptors (Lipinski definition) is 5. The molecule has 0 aliphatic carbocycles. The van der Waals surface area contributed by atoms with Crippen LogP contribution in [-0.4, -0.2) is 57.0 Å². The van der Waals surface area contributed by atoms with E-state index in [1.54, 1.807) is 7.11 Å². The van der Waals surface area contributed by atoms with E-state index in [9.17, 15) is 4.79 Å². The van der Waals surface area contributed by atoms with Crippen LogP contribution in [0, 0.1) is 0 Å². The van der Waals surface area contributed by atoms with Gasteiger partial charge >= 0.3 is 6.16 Å². The van der Waals surface area contributed by atoms with Crippen molar-refractivity contribution in [2.24, 2.45) is 0 Å². The number of carboxylic acid groups (broad SMARTS) is 1. The molecule has 0 fully saturated rings. The van der Waals surface area contributed by atoms with E-state index < -0.39 is 6.16 Å². The van der Waals surface area contributed by atoms with E-state index in [0.717, 1.165) is 6.42 Å². The molecule has 0 rings (SSSR count). The Balaban J connectivity index is 4.00. The lowest BCUT2D eigenvalue weighted by Crippen LogP contribution is -2.28. The molecule has 0 heterocycles. The van der Waals surface area contributed by atoms with E-state index in [1.165, 1.54) is 0 Å². The molecule has 0 radical (unpaired) electrons. The highest BCUT2D eigenvalue weighted by molar-refractivity contribution is 5.56. The Kier molecular flexibility index (Phi) is 10.7. The molecule has 0 aliphatic heterocycles. The minimum atomic E-state index is -1.29. The molecule has 6 heteroatoms. The second-order valence-corrected chi connectivity index (χ2v) is 3.80. The van der Waals surface area contributed by atoms with Gasteiger partial charge in [-0.05, 0) is 13.3 Å². The van der Waals surface area contributed by atoms with Crippen LogP contribution in [0.2, 0.25) is 0 Å². The summed E-state index contributed by atoms with van der Waals surface area (Å²) in [4.78, 5) is 10.3. The van der Waals surface area contributed by atoms with Crippen molar-refractivity contribution < 1.29 is 28.8 Å². The van der Waals surface area contributed by atoms with Crippen LogP contribution in [0.4, 0.5) is 4.79 Å². The monoisotopic (exact) mass is 264 g/mol. The molecule has 1 N–H and O–H groups in total. The second kappa shape index (κ2) is 11.3. The van der Waals surface area contributed by atoms with Crippen LogP contribution in [0.15, 0.2) is 0 Å². The Morgan fingerprint density at radius 3 is 2.39 bits per heavy atom. The first-order valence-corrected chi connectivity index (χ1v) is 6.21. The fourth-order valence-corrected chi connectivity index (χ4v) is 1.39. The second-order valence-electron chi connectivity index (χ2n) is 3.80. The number of methoxy groups -OCH3 is 1. The molecule has 0 saturated heterocycles. The molecule has 0 aromatic rings. The maximum Gasteiger partial charge on any atom is 0.505 e. The van der Waals surface area contributed by atoms with Crippen LogP contribution in [0.3, 0.4) is 0 Å². The summed E-state index contributed by atoms with van der Waals surface area (Å²) < 4.78 is 20.5. The van der Waals surface area contributed by atoms with Gasteiger partial charge in [0.1, 0.15) is 6.61 Å². The van der Waals surface area contributed by atoms with Gasteiger partial charge in [0.2, 0.25) is 0 Å². The first-order valence-electron chi connectivity index (χ1n) is 6.21. The van der Waals surface area contributed by atoms with Crippen molar-refractivity contribution >= 4 is 6.16 Å². The molecule has 6 nitrogen and oxygen atoms in total. The summed E-state index contributed by atoms with van der Waals surface area (Å²) in [5.41, 5.74) is 0. The van der Waals surface area contributed by atoms with Crippen molar-refractivity contribution in [2.75, 3.05) is 33.5 Å². The van der Waals surface area contributed by atoms with Gasteiger partial charge in [0.25, 0.3) is 0 Å². The zero-order valence-electron chi connectivity index (χ0n) is 11.4. The third kappa shape index (κ3) is 9.21. The molecule has 0 amide bonds. The fraction of sp³-hybridized carbons (Fsp3) is 0.917. The normalized spacial score (nSPS) is 14.2. The molecule has 0 aromatic carbocycles. The third-order valence-corrected chi connectivity index (χ3v) is 2.41. The van der Waals surface area contributed by atoms with Crippen molar-refractivity contribution in [3.05, 3.63) is 0 Å². The molecule has 0 bridgehead atoms. The molecular formula is C12H24O6. The molecular weight excluding hydrogens is 240 g/mol. The van der Waals surface area contributed by atoms with Gasteiger partial charge in [-0.25, -0.2) is 4.79 Å². The Hall–Kier alpha value is -0.850. The SMILES string of the molecule is CCOC(CC)COC(CCOC)COC(=O)O. The van der Waals surface area contributed by atoms with Crippen molar-refractivity contribution in [3.8, 4) is 0 Å². The zero-order chi connectivity index (χ0) is 13.8. The Bertz CT molecular complexity index is 209. The standard InChI is InChI=1S/C12H24O6/c1-4-10(16-5-2)8-17-11(6-7-15-3)9-18-12(13)14/h10-11H,4-9H2,1-3H3,(H,13,14). The zero-order valence-corrected chi connectivity index (χ0v) is 11.4. The maximum atomic E-state index is 10.3. The van der Waals surface area contributed by atoms with Gasteiger partial charge < -0.3 is 24.1 Å². The van der Waals surface area contributed by atoms with Gasteiger partial charge in [-0.15, -0.1) is 0 Å². The van der Waals surface area contributed by atoms with Crippen molar-refractivity contribution in [2.45, 2.75) is 38.9 Å². The number of rotatable bonds is 11. The van der Waals surface area contributed by atoms with Crippen LogP contribution >= 0.6 is 0 Å². The van der Waals surface area contributed by atoms with Crippen LogP contribution in [0.5, 0.6) is 0 Å². The van der Waals surface area contributed by atoms with Crippen LogP contribution in [0.25, 0.3) is 0 Å². The topological polar surface area (TPSA) is 74.2 Å². The van der Waals surface area contributed by atoms with Gasteiger partial charge in [0.15, 0.2) is 0 Å². The van der Waals surface area contributed by atoms with E-state index in [1.807, 2.05) is 13.8 Å². The smallest absolute Gasteiger partial charge is 0.450 e. The van der Waals surface area contributed by atoms with Crippen molar-refractivity contribution in [1.82, 2.24) is 0 Å². The molecule has 0 saturated carbocycles. The van der Waals surface area contributed by atoms with E-state index in [-0.39, 0.29) is 18.8 Å². The summed E-state index contributed by atoms with van der Waals surface area (Å²) in [5, 5.41) is 8.46. The minimum absolute atomic E-state index is 0.0151. The summed E-state index contributed by atoms with van der Waals surface area (Å²) in [6, 6.07) is 0. The average molecular weight is 264 g/mol. The van der Waals surface area contributed by atoms with Gasteiger partial charge in [-0.2, -0.15) is 0 Å². The highest BCUT2D eigenvalue weighted by Crippen LogP contribution is 2.05. The molecule has 0 aliphatic rings. The van der Waals surface area contributed by atoms with Gasteiger partial charge in [0.05, 0.1) is 18.8 Å². The fourth-order valence-electron chi connectivity index (χ4n) is 1.39. The molecule has 2 atom stereocenters. The predicted octanol–water partition coefficient (Wildman–Crippen LogP) is 1.92. The lowest BCUT2D eigenvalue weighted by Gasteiger charge is -2.21. The molecule has 108 valence electrons. The third-order valence-electron chi connectivity index (χ3n) is 2.41. The Labute approximate surface area is 108 Å². The van der Waals surface area contributed by atoms with Crippen LogP contribution in [0.1, 0.15) is 26.7 Å². The van der Waals surface area contributed by atoms with Gasteiger partial charge in [-0.3, -0.25) is 0 Å². The number of ether oxygens (including phenoxy) is 4. The molecule has 18 heavy (non-hydrogen) atoms. The van der Waals surface area contributed by atoms with E-state index in [4.69, 9.17) is 19.3 Å². The molecule has 0 aromatic heterocycles. The quantitative estimate of drug-likeness (QED) is 0.575. The van der Waals surface area contributed by atoms with Crippen LogP contribution < -0.4 is 0 Å². The summed E-state index contributed by atoms with van der Waals surface area (Å²) in [6.07, 6.45) is -0.116. The summed E-state index contributed by atoms with van der Waals surface area (Å²) in [5.74, 6) is 0. The first-order chi connectivity index (χ1) is 8.63. The van der Waals surface area contributed by atoms with E-state index in [2.05, 4.69) is 4.74 Å². The maximum absolute atomic E-state index is 10.3. The van der Waals surface area contributed by atoms with Crippen LogP contribution in [-0.2, 0) is 18.9 Å². The summed E-state index contributed by atoms with van der Waals surface area (Å²) in [7, 11) is 1.59. The van der Waals surface area contributed by atoms with E-state index in [0.29, 0.717) is 26.2 Å². The largest absolute Gasteiger partial charge is 0.505 e. The average Bonchev–Trinajstić information content (AvgIpc) is 2.36. The molecule has 0 spiro atoms. The number of hydrogen-bond donors (Lipinski definition) is 1. The van der Waals surface area contributed by atoms with E-state index >= 15 is 0 Å². The minimum Gasteiger partial charge on any atom is -0.450 e. The van der Waals surface area contributed by atoms with Gasteiger partial charge in [0, 0.05) is 26.7 Å². The Morgan fingerprint density at radius 1 is 1.17 bits per heavy atom. The highest BCUT2D eigenvalue weighted by Gasteiger charge is 2.15. The highest BCUT2D eigenvalue weighted by atomic mass is 16.7. The Morgan fingerprint density at radius 2 is 1.89 bits per heavy atom. The van der Waals surface area contributed by atoms with Crippen molar-refractivity contribution in [3.63, 3.8) is 0 Å². The number of carbonyl (C=O) groups is 1. The van der Waals surface area contributed by atoms with Crippen molar-refractivity contribution in [1.29, 1.82) is 0 Å². The lowest BCUT2D eigenvalue weighted by atomic mass is 10.2. The summed E-state index contributed by atoms with van der Waals surface area (Å²) in [6.45, 7) is 5.53. The molecule has 2 unspecified atom stereocenters. The summed E-state index contributed by atoms with van der Waals surface area (Å²) >= 11 is 0. The van der Waals surface area contributed by atoms with Gasteiger partial charge in [-0.1, -0.05) is 6.92 Å². The first kappa shape index (κ1) is 17.2.